The molecule has 0 radical (unpaired) electrons. The highest BCUT2D eigenvalue weighted by Gasteiger charge is 2.76. The average Bonchev–Trinajstić information content (AvgIpc) is 3.28. The van der Waals surface area contributed by atoms with Gasteiger partial charge in [0.15, 0.2) is 0 Å². The van der Waals surface area contributed by atoms with Gasteiger partial charge >= 0.3 is 0 Å². The molecule has 1 amide bonds. The lowest BCUT2D eigenvalue weighted by atomic mass is 9.43. The van der Waals surface area contributed by atoms with E-state index in [0.29, 0.717) is 29.3 Å². The van der Waals surface area contributed by atoms with E-state index in [4.69, 9.17) is 10.5 Å². The van der Waals surface area contributed by atoms with E-state index in [1.165, 1.54) is 57.8 Å². The molecule has 32 heavy (non-hydrogen) atoms. The average molecular weight is 444 g/mol. The molecule has 0 aromatic rings. The maximum Gasteiger partial charge on any atom is 0.217 e. The van der Waals surface area contributed by atoms with Crippen molar-refractivity contribution < 1.29 is 9.53 Å². The van der Waals surface area contributed by atoms with Crippen LogP contribution in [0.1, 0.15) is 112 Å². The first-order valence-electron chi connectivity index (χ1n) is 14.1. The number of primary amides is 1. The van der Waals surface area contributed by atoms with Gasteiger partial charge in [0, 0.05) is 11.8 Å². The van der Waals surface area contributed by atoms with Gasteiger partial charge in [-0.2, -0.15) is 0 Å². The highest BCUT2D eigenvalue weighted by Crippen LogP contribution is 2.74. The van der Waals surface area contributed by atoms with Crippen LogP contribution in [0.15, 0.2) is 0 Å². The lowest BCUT2D eigenvalue weighted by Gasteiger charge is -2.60. The van der Waals surface area contributed by atoms with Crippen LogP contribution < -0.4 is 5.73 Å². The fraction of sp³-hybridized carbons (Fsp3) is 0.966. The molecule has 1 aliphatic heterocycles. The molecule has 0 aromatic carbocycles. The van der Waals surface area contributed by atoms with Gasteiger partial charge in [0.25, 0.3) is 0 Å². The number of nitrogens with two attached hydrogens (primary N) is 1. The Balaban J connectivity index is 1.30. The first-order chi connectivity index (χ1) is 15.1. The van der Waals surface area contributed by atoms with Crippen LogP contribution in [0.4, 0.5) is 0 Å². The highest BCUT2D eigenvalue weighted by atomic mass is 16.6. The number of epoxide rings is 1. The summed E-state index contributed by atoms with van der Waals surface area (Å²) in [6, 6.07) is 0. The van der Waals surface area contributed by atoms with Crippen LogP contribution in [0, 0.1) is 52.3 Å². The number of fused-ring (bicyclic) bond motifs is 4. The van der Waals surface area contributed by atoms with Gasteiger partial charge in [-0.15, -0.1) is 0 Å². The van der Waals surface area contributed by atoms with Crippen molar-refractivity contribution in [3.05, 3.63) is 0 Å². The van der Waals surface area contributed by atoms with Gasteiger partial charge in [-0.1, -0.05) is 53.9 Å². The van der Waals surface area contributed by atoms with E-state index >= 15 is 0 Å². The van der Waals surface area contributed by atoms with Crippen molar-refractivity contribution in [1.82, 2.24) is 0 Å². The van der Waals surface area contributed by atoms with Gasteiger partial charge in [0.1, 0.15) is 5.60 Å². The summed E-state index contributed by atoms with van der Waals surface area (Å²) in [7, 11) is 0. The molecule has 0 bridgehead atoms. The lowest BCUT2D eigenvalue weighted by molar-refractivity contribution is -0.123. The van der Waals surface area contributed by atoms with Crippen LogP contribution >= 0.6 is 0 Å². The molecule has 5 rings (SSSR count). The Bertz CT molecular complexity index is 735. The Morgan fingerprint density at radius 3 is 2.53 bits per heavy atom. The Kier molecular flexibility index (Phi) is 5.79. The molecule has 4 saturated carbocycles. The highest BCUT2D eigenvalue weighted by molar-refractivity contribution is 5.74. The molecule has 3 nitrogen and oxygen atoms in total. The standard InChI is InChI=1S/C29H49NO2/c1-18(2)7-6-8-19(3)22-9-10-23-21-16-25-29(32-25)17-20(15-26(30)31)11-14-28(29,5)24(21)12-13-27(22,23)4/h18-25H,6-17H2,1-5H3,(H2,30,31)/t19-,20-,21+,22-,23+,24+,25?,27-,28-,29?/m1/s1. The molecule has 1 spiro atoms. The van der Waals surface area contributed by atoms with Gasteiger partial charge in [-0.25, -0.2) is 0 Å². The summed E-state index contributed by atoms with van der Waals surface area (Å²) in [6.07, 6.45) is 15.7. The van der Waals surface area contributed by atoms with E-state index < -0.39 is 0 Å². The van der Waals surface area contributed by atoms with Crippen LogP contribution in [0.5, 0.6) is 0 Å². The first kappa shape index (κ1) is 23.2. The van der Waals surface area contributed by atoms with Crippen molar-refractivity contribution in [2.24, 2.45) is 58.0 Å². The van der Waals surface area contributed by atoms with Crippen molar-refractivity contribution >= 4 is 5.91 Å². The molecule has 5 aliphatic rings. The van der Waals surface area contributed by atoms with Crippen LogP contribution in [-0.2, 0) is 9.53 Å². The van der Waals surface area contributed by atoms with Crippen molar-refractivity contribution in [2.75, 3.05) is 0 Å². The van der Waals surface area contributed by atoms with E-state index in [2.05, 4.69) is 34.6 Å². The second kappa shape index (κ2) is 7.99. The minimum absolute atomic E-state index is 0.0718. The fourth-order valence-corrected chi connectivity index (χ4v) is 10.3. The summed E-state index contributed by atoms with van der Waals surface area (Å²) in [5.41, 5.74) is 6.50. The molecule has 2 unspecified atom stereocenters. The third-order valence-electron chi connectivity index (χ3n) is 11.9. The fourth-order valence-electron chi connectivity index (χ4n) is 10.3. The minimum Gasteiger partial charge on any atom is -0.370 e. The number of carbonyl (C=O) groups excluding carboxylic acids is 1. The predicted molar refractivity (Wildman–Crippen MR) is 130 cm³/mol. The molecular formula is C29H49NO2. The Morgan fingerprint density at radius 1 is 1.03 bits per heavy atom. The van der Waals surface area contributed by atoms with Gasteiger partial charge in [-0.05, 0) is 98.2 Å². The number of hydrogen-bond donors (Lipinski definition) is 1. The van der Waals surface area contributed by atoms with E-state index in [-0.39, 0.29) is 11.5 Å². The maximum absolute atomic E-state index is 11.6. The molecule has 5 fully saturated rings. The molecule has 1 saturated heterocycles. The minimum atomic E-state index is -0.131. The van der Waals surface area contributed by atoms with Crippen LogP contribution in [0.2, 0.25) is 0 Å². The molecule has 182 valence electrons. The van der Waals surface area contributed by atoms with Crippen LogP contribution in [0.25, 0.3) is 0 Å². The van der Waals surface area contributed by atoms with E-state index in [1.807, 2.05) is 0 Å². The van der Waals surface area contributed by atoms with Crippen LogP contribution in [-0.4, -0.2) is 17.6 Å². The monoisotopic (exact) mass is 443 g/mol. The van der Waals surface area contributed by atoms with Crippen molar-refractivity contribution in [3.63, 3.8) is 0 Å². The van der Waals surface area contributed by atoms with Gasteiger partial charge < -0.3 is 10.5 Å². The van der Waals surface area contributed by atoms with Gasteiger partial charge in [-0.3, -0.25) is 4.79 Å². The quantitative estimate of drug-likeness (QED) is 0.443. The largest absolute Gasteiger partial charge is 0.370 e. The predicted octanol–water partition coefficient (Wildman–Crippen LogP) is 6.73. The van der Waals surface area contributed by atoms with E-state index in [1.54, 1.807) is 0 Å². The molecule has 3 heteroatoms. The van der Waals surface area contributed by atoms with Gasteiger partial charge in [0.2, 0.25) is 5.91 Å². The number of amides is 1. The summed E-state index contributed by atoms with van der Waals surface area (Å²) in [5.74, 6) is 5.54. The molecule has 4 aliphatic carbocycles. The molecular weight excluding hydrogens is 394 g/mol. The third kappa shape index (κ3) is 3.42. The SMILES string of the molecule is CC(C)CCC[C@@H](C)[C@H]1CC[C@H]2[C@@H]3CC4OC45C[C@@H](CC(N)=O)CC[C@]5(C)[C@H]3CC[C@]12C. The third-order valence-corrected chi connectivity index (χ3v) is 11.9. The number of ether oxygens (including phenoxy) is 1. The normalized spacial score (nSPS) is 50.2. The Labute approximate surface area is 197 Å². The summed E-state index contributed by atoms with van der Waals surface area (Å²) < 4.78 is 6.66. The van der Waals surface area contributed by atoms with Crippen LogP contribution in [0.3, 0.4) is 0 Å². The summed E-state index contributed by atoms with van der Waals surface area (Å²) in [6.45, 7) is 12.6. The molecule has 10 atom stereocenters. The number of hydrogen-bond acceptors (Lipinski definition) is 2. The molecule has 0 aromatic heterocycles. The number of rotatable bonds is 7. The van der Waals surface area contributed by atoms with Crippen molar-refractivity contribution in [1.29, 1.82) is 0 Å². The second-order valence-corrected chi connectivity index (χ2v) is 13.8. The number of carbonyl (C=O) groups is 1. The van der Waals surface area contributed by atoms with Crippen molar-refractivity contribution in [2.45, 2.75) is 123 Å². The molecule has 1 heterocycles. The topological polar surface area (TPSA) is 55.6 Å². The lowest BCUT2D eigenvalue weighted by Crippen LogP contribution is -2.58. The van der Waals surface area contributed by atoms with Gasteiger partial charge in [0.05, 0.1) is 6.10 Å². The second-order valence-electron chi connectivity index (χ2n) is 13.8. The Morgan fingerprint density at radius 2 is 1.81 bits per heavy atom. The summed E-state index contributed by atoms with van der Waals surface area (Å²) in [5, 5.41) is 0. The zero-order valence-corrected chi connectivity index (χ0v) is 21.5. The Hall–Kier alpha value is -0.570. The summed E-state index contributed by atoms with van der Waals surface area (Å²) in [4.78, 5) is 11.6. The van der Waals surface area contributed by atoms with E-state index in [9.17, 15) is 4.79 Å². The smallest absolute Gasteiger partial charge is 0.217 e. The summed E-state index contributed by atoms with van der Waals surface area (Å²) >= 11 is 0. The van der Waals surface area contributed by atoms with Crippen molar-refractivity contribution in [3.8, 4) is 0 Å². The first-order valence-corrected chi connectivity index (χ1v) is 14.1. The maximum atomic E-state index is 11.6. The molecule has 2 N–H and O–H groups in total. The zero-order chi connectivity index (χ0) is 22.9. The zero-order valence-electron chi connectivity index (χ0n) is 21.5. The van der Waals surface area contributed by atoms with E-state index in [0.717, 1.165) is 48.3 Å².